The molecule has 1 aliphatic rings. The van der Waals surface area contributed by atoms with E-state index in [9.17, 15) is 9.59 Å². The van der Waals surface area contributed by atoms with Crippen LogP contribution in [-0.4, -0.2) is 49.1 Å². The number of carbonyl (C=O) groups excluding carboxylic acids is 2. The van der Waals surface area contributed by atoms with E-state index in [0.29, 0.717) is 6.54 Å². The fourth-order valence-electron chi connectivity index (χ4n) is 2.09. The number of hydrogen-bond acceptors (Lipinski definition) is 4. The van der Waals surface area contributed by atoms with Gasteiger partial charge in [-0.05, 0) is 39.2 Å². The maximum Gasteiger partial charge on any atom is 0.238 e. The van der Waals surface area contributed by atoms with E-state index < -0.39 is 0 Å². The largest absolute Gasteiger partial charge is 0.356 e. The molecule has 0 bridgehead atoms. The highest BCUT2D eigenvalue weighted by Gasteiger charge is 2.28. The van der Waals surface area contributed by atoms with Gasteiger partial charge in [-0.3, -0.25) is 9.59 Å². The molecule has 114 valence electrons. The second-order valence-electron chi connectivity index (χ2n) is 5.30. The first kappa shape index (κ1) is 15.9. The van der Waals surface area contributed by atoms with Crippen LogP contribution in [0.1, 0.15) is 12.8 Å². The second-order valence-corrected chi connectivity index (χ2v) is 6.55. The van der Waals surface area contributed by atoms with E-state index in [1.807, 2.05) is 38.4 Å². The first-order valence-electron chi connectivity index (χ1n) is 7.04. The number of amides is 2. The monoisotopic (exact) mass is 307 g/mol. The molecule has 1 heterocycles. The molecule has 1 aromatic rings. The SMILES string of the molecule is CN(C)CCCNC(=O)C[C@@H]1Sc2ccccc2NC1=O. The predicted octanol–water partition coefficient (Wildman–Crippen LogP) is 1.56. The van der Waals surface area contributed by atoms with Crippen molar-refractivity contribution in [2.24, 2.45) is 0 Å². The molecule has 0 radical (unpaired) electrons. The average Bonchev–Trinajstić information content (AvgIpc) is 2.44. The molecule has 1 aliphatic heterocycles. The number of para-hydroxylation sites is 1. The van der Waals surface area contributed by atoms with Gasteiger partial charge >= 0.3 is 0 Å². The zero-order valence-corrected chi connectivity index (χ0v) is 13.2. The van der Waals surface area contributed by atoms with E-state index >= 15 is 0 Å². The van der Waals surface area contributed by atoms with Crippen molar-refractivity contribution in [3.63, 3.8) is 0 Å². The van der Waals surface area contributed by atoms with E-state index in [2.05, 4.69) is 15.5 Å². The number of hydrogen-bond donors (Lipinski definition) is 2. The van der Waals surface area contributed by atoms with Gasteiger partial charge in [-0.15, -0.1) is 11.8 Å². The predicted molar refractivity (Wildman–Crippen MR) is 85.5 cm³/mol. The fraction of sp³-hybridized carbons (Fsp3) is 0.467. The third-order valence-electron chi connectivity index (χ3n) is 3.18. The summed E-state index contributed by atoms with van der Waals surface area (Å²) in [7, 11) is 4.00. The van der Waals surface area contributed by atoms with E-state index in [4.69, 9.17) is 0 Å². The van der Waals surface area contributed by atoms with Gasteiger partial charge in [0.1, 0.15) is 0 Å². The van der Waals surface area contributed by atoms with Crippen LogP contribution >= 0.6 is 11.8 Å². The Kier molecular flexibility index (Phi) is 5.64. The molecule has 0 unspecified atom stereocenters. The minimum atomic E-state index is -0.353. The molecule has 0 saturated carbocycles. The van der Waals surface area contributed by atoms with Crippen LogP contribution in [0.3, 0.4) is 0 Å². The van der Waals surface area contributed by atoms with Crippen LogP contribution < -0.4 is 10.6 Å². The highest BCUT2D eigenvalue weighted by Crippen LogP contribution is 2.36. The summed E-state index contributed by atoms with van der Waals surface area (Å²) in [4.78, 5) is 27.0. The quantitative estimate of drug-likeness (QED) is 0.783. The molecular weight excluding hydrogens is 286 g/mol. The molecule has 2 amide bonds. The fourth-order valence-corrected chi connectivity index (χ4v) is 3.20. The van der Waals surface area contributed by atoms with Crippen molar-refractivity contribution in [1.29, 1.82) is 0 Å². The number of nitrogens with one attached hydrogen (secondary N) is 2. The summed E-state index contributed by atoms with van der Waals surface area (Å²) in [6.07, 6.45) is 1.12. The summed E-state index contributed by atoms with van der Waals surface area (Å²) in [6.45, 7) is 1.58. The van der Waals surface area contributed by atoms with Crippen molar-refractivity contribution in [2.75, 3.05) is 32.5 Å². The molecular formula is C15H21N3O2S. The van der Waals surface area contributed by atoms with Crippen LogP contribution in [0.15, 0.2) is 29.2 Å². The van der Waals surface area contributed by atoms with Crippen LogP contribution in [-0.2, 0) is 9.59 Å². The molecule has 0 spiro atoms. The number of nitrogens with zero attached hydrogens (tertiary/aromatic N) is 1. The molecule has 1 aromatic carbocycles. The van der Waals surface area contributed by atoms with Gasteiger partial charge in [0.25, 0.3) is 0 Å². The third-order valence-corrected chi connectivity index (χ3v) is 4.46. The lowest BCUT2D eigenvalue weighted by molar-refractivity contribution is -0.124. The first-order chi connectivity index (χ1) is 10.1. The van der Waals surface area contributed by atoms with Gasteiger partial charge in [0.05, 0.1) is 10.9 Å². The molecule has 6 heteroatoms. The zero-order valence-electron chi connectivity index (χ0n) is 12.4. The molecule has 1 atom stereocenters. The molecule has 0 fully saturated rings. The number of rotatable bonds is 6. The van der Waals surface area contributed by atoms with Gasteiger partial charge in [0, 0.05) is 17.9 Å². The van der Waals surface area contributed by atoms with Crippen molar-refractivity contribution in [2.45, 2.75) is 23.0 Å². The minimum Gasteiger partial charge on any atom is -0.356 e. The van der Waals surface area contributed by atoms with Gasteiger partial charge in [0.15, 0.2) is 0 Å². The number of carbonyl (C=O) groups is 2. The van der Waals surface area contributed by atoms with Crippen LogP contribution in [0, 0.1) is 0 Å². The number of anilines is 1. The summed E-state index contributed by atoms with van der Waals surface area (Å²) >= 11 is 1.46. The number of benzene rings is 1. The molecule has 0 aromatic heterocycles. The molecule has 2 rings (SSSR count). The lowest BCUT2D eigenvalue weighted by Crippen LogP contribution is -2.35. The highest BCUT2D eigenvalue weighted by molar-refractivity contribution is 8.01. The minimum absolute atomic E-state index is 0.0687. The Hall–Kier alpha value is -1.53. The van der Waals surface area contributed by atoms with Gasteiger partial charge in [0.2, 0.25) is 11.8 Å². The standard InChI is InChI=1S/C15H21N3O2S/c1-18(2)9-5-8-16-14(19)10-13-15(20)17-11-6-3-4-7-12(11)21-13/h3-4,6-7,13H,5,8-10H2,1-2H3,(H,16,19)(H,17,20)/t13-/m0/s1. The topological polar surface area (TPSA) is 61.4 Å². The number of fused-ring (bicyclic) bond motifs is 1. The summed E-state index contributed by atoms with van der Waals surface area (Å²) in [5.41, 5.74) is 0.829. The van der Waals surface area contributed by atoms with Crippen LogP contribution in [0.2, 0.25) is 0 Å². The second kappa shape index (κ2) is 7.47. The summed E-state index contributed by atoms with van der Waals surface area (Å²) in [5.74, 6) is -0.164. The molecule has 2 N–H and O–H groups in total. The van der Waals surface area contributed by atoms with Gasteiger partial charge in [-0.2, -0.15) is 0 Å². The van der Waals surface area contributed by atoms with E-state index in [0.717, 1.165) is 23.5 Å². The summed E-state index contributed by atoms with van der Waals surface area (Å²) in [6, 6.07) is 7.65. The van der Waals surface area contributed by atoms with Gasteiger partial charge < -0.3 is 15.5 Å². The average molecular weight is 307 g/mol. The van der Waals surface area contributed by atoms with Crippen molar-refractivity contribution < 1.29 is 9.59 Å². The van der Waals surface area contributed by atoms with Gasteiger partial charge in [-0.1, -0.05) is 12.1 Å². The Balaban J connectivity index is 1.80. The van der Waals surface area contributed by atoms with Crippen LogP contribution in [0.4, 0.5) is 5.69 Å². The van der Waals surface area contributed by atoms with Gasteiger partial charge in [-0.25, -0.2) is 0 Å². The Bertz CT molecular complexity index is 519. The highest BCUT2D eigenvalue weighted by atomic mass is 32.2. The molecule has 21 heavy (non-hydrogen) atoms. The lowest BCUT2D eigenvalue weighted by atomic mass is 10.2. The van der Waals surface area contributed by atoms with Crippen molar-refractivity contribution in [1.82, 2.24) is 10.2 Å². The molecule has 0 aliphatic carbocycles. The lowest BCUT2D eigenvalue weighted by Gasteiger charge is -2.23. The Morgan fingerprint density at radius 1 is 1.38 bits per heavy atom. The first-order valence-corrected chi connectivity index (χ1v) is 7.92. The Morgan fingerprint density at radius 3 is 2.90 bits per heavy atom. The van der Waals surface area contributed by atoms with E-state index in [-0.39, 0.29) is 23.5 Å². The van der Waals surface area contributed by atoms with Crippen molar-refractivity contribution >= 4 is 29.3 Å². The van der Waals surface area contributed by atoms with Crippen LogP contribution in [0.5, 0.6) is 0 Å². The molecule has 0 saturated heterocycles. The summed E-state index contributed by atoms with van der Waals surface area (Å²) < 4.78 is 0. The van der Waals surface area contributed by atoms with E-state index in [1.165, 1.54) is 11.8 Å². The van der Waals surface area contributed by atoms with Crippen molar-refractivity contribution in [3.8, 4) is 0 Å². The summed E-state index contributed by atoms with van der Waals surface area (Å²) in [5, 5.41) is 5.37. The maximum absolute atomic E-state index is 12.0. The smallest absolute Gasteiger partial charge is 0.238 e. The number of thioether (sulfide) groups is 1. The zero-order chi connectivity index (χ0) is 15.2. The van der Waals surface area contributed by atoms with Crippen molar-refractivity contribution in [3.05, 3.63) is 24.3 Å². The van der Waals surface area contributed by atoms with Crippen LogP contribution in [0.25, 0.3) is 0 Å². The Labute approximate surface area is 129 Å². The Morgan fingerprint density at radius 2 is 2.14 bits per heavy atom. The maximum atomic E-state index is 12.0. The normalized spacial score (nSPS) is 17.3. The molecule has 5 nitrogen and oxygen atoms in total. The van der Waals surface area contributed by atoms with E-state index in [1.54, 1.807) is 0 Å². The third kappa shape index (κ3) is 4.75.